The van der Waals surface area contributed by atoms with Crippen LogP contribution in [0.3, 0.4) is 0 Å². The SMILES string of the molecule is CN(CCCCCCOS(C)(=O)=O)C(=O)OC(C)(C)C. The van der Waals surface area contributed by atoms with Gasteiger partial charge < -0.3 is 9.64 Å². The highest BCUT2D eigenvalue weighted by Crippen LogP contribution is 2.10. The van der Waals surface area contributed by atoms with E-state index in [-0.39, 0.29) is 12.7 Å². The minimum absolute atomic E-state index is 0.223. The van der Waals surface area contributed by atoms with Crippen molar-refractivity contribution in [3.05, 3.63) is 0 Å². The van der Waals surface area contributed by atoms with Gasteiger partial charge in [-0.15, -0.1) is 0 Å². The van der Waals surface area contributed by atoms with Gasteiger partial charge in [-0.3, -0.25) is 4.18 Å². The Morgan fingerprint density at radius 3 is 2.15 bits per heavy atom. The average molecular weight is 309 g/mol. The molecule has 0 aliphatic carbocycles. The maximum absolute atomic E-state index is 11.7. The van der Waals surface area contributed by atoms with Crippen LogP contribution in [-0.4, -0.2) is 51.5 Å². The van der Waals surface area contributed by atoms with E-state index in [1.165, 1.54) is 0 Å². The van der Waals surface area contributed by atoms with E-state index in [2.05, 4.69) is 4.18 Å². The minimum atomic E-state index is -3.33. The molecular formula is C13H27NO5S. The fourth-order valence-electron chi connectivity index (χ4n) is 1.45. The van der Waals surface area contributed by atoms with Crippen LogP contribution in [0, 0.1) is 0 Å². The van der Waals surface area contributed by atoms with Crippen LogP contribution in [0.5, 0.6) is 0 Å². The first-order chi connectivity index (χ1) is 9.01. The van der Waals surface area contributed by atoms with E-state index in [9.17, 15) is 13.2 Å². The summed E-state index contributed by atoms with van der Waals surface area (Å²) in [7, 11) is -1.62. The van der Waals surface area contributed by atoms with E-state index in [1.807, 2.05) is 20.8 Å². The van der Waals surface area contributed by atoms with Gasteiger partial charge in [-0.05, 0) is 33.6 Å². The Labute approximate surface area is 122 Å². The molecule has 0 aromatic carbocycles. The minimum Gasteiger partial charge on any atom is -0.444 e. The molecule has 0 bridgehead atoms. The summed E-state index contributed by atoms with van der Waals surface area (Å²) in [4.78, 5) is 13.2. The standard InChI is InChI=1S/C13H27NO5S/c1-13(2,3)19-12(15)14(4)10-8-6-7-9-11-18-20(5,16)17/h6-11H2,1-5H3. The van der Waals surface area contributed by atoms with Crippen molar-refractivity contribution in [1.82, 2.24) is 4.90 Å². The predicted molar refractivity (Wildman–Crippen MR) is 78.1 cm³/mol. The van der Waals surface area contributed by atoms with E-state index < -0.39 is 15.7 Å². The van der Waals surface area contributed by atoms with Gasteiger partial charge in [0.05, 0.1) is 12.9 Å². The van der Waals surface area contributed by atoms with Gasteiger partial charge in [-0.1, -0.05) is 12.8 Å². The molecule has 0 fully saturated rings. The summed E-state index contributed by atoms with van der Waals surface area (Å²) in [6.45, 7) is 6.35. The number of carbonyl (C=O) groups excluding carboxylic acids is 1. The first-order valence-corrected chi connectivity index (χ1v) is 8.61. The van der Waals surface area contributed by atoms with Crippen molar-refractivity contribution >= 4 is 16.2 Å². The largest absolute Gasteiger partial charge is 0.444 e. The normalized spacial score (nSPS) is 12.2. The predicted octanol–water partition coefficient (Wildman–Crippen LogP) is 2.39. The Bertz CT molecular complexity index is 386. The summed E-state index contributed by atoms with van der Waals surface area (Å²) in [5.41, 5.74) is -0.478. The van der Waals surface area contributed by atoms with Crippen molar-refractivity contribution in [3.63, 3.8) is 0 Å². The van der Waals surface area contributed by atoms with Crippen LogP contribution in [0.1, 0.15) is 46.5 Å². The zero-order valence-electron chi connectivity index (χ0n) is 13.1. The first-order valence-electron chi connectivity index (χ1n) is 6.80. The number of rotatable bonds is 8. The first kappa shape index (κ1) is 19.2. The monoisotopic (exact) mass is 309 g/mol. The molecule has 0 aromatic rings. The number of hydrogen-bond acceptors (Lipinski definition) is 5. The lowest BCUT2D eigenvalue weighted by atomic mass is 10.2. The number of unbranched alkanes of at least 4 members (excludes halogenated alkanes) is 3. The highest BCUT2D eigenvalue weighted by atomic mass is 32.2. The summed E-state index contributed by atoms with van der Waals surface area (Å²) in [5.74, 6) is 0. The summed E-state index contributed by atoms with van der Waals surface area (Å²) in [6, 6.07) is 0. The fourth-order valence-corrected chi connectivity index (χ4v) is 1.87. The van der Waals surface area contributed by atoms with Crippen molar-refractivity contribution in [2.24, 2.45) is 0 Å². The molecule has 0 saturated heterocycles. The van der Waals surface area contributed by atoms with Crippen molar-refractivity contribution in [2.45, 2.75) is 52.1 Å². The third-order valence-corrected chi connectivity index (χ3v) is 2.99. The maximum Gasteiger partial charge on any atom is 0.410 e. The third kappa shape index (κ3) is 12.2. The van der Waals surface area contributed by atoms with Gasteiger partial charge in [-0.2, -0.15) is 8.42 Å². The van der Waals surface area contributed by atoms with Gasteiger partial charge in [0.15, 0.2) is 0 Å². The van der Waals surface area contributed by atoms with Gasteiger partial charge in [0.1, 0.15) is 5.60 Å². The Kier molecular flexibility index (Phi) is 8.12. The number of ether oxygens (including phenoxy) is 1. The molecule has 20 heavy (non-hydrogen) atoms. The molecule has 0 rings (SSSR count). The zero-order chi connectivity index (χ0) is 15.8. The second kappa shape index (κ2) is 8.46. The van der Waals surface area contributed by atoms with E-state index in [4.69, 9.17) is 4.74 Å². The number of nitrogens with zero attached hydrogens (tertiary/aromatic N) is 1. The lowest BCUT2D eigenvalue weighted by Gasteiger charge is -2.24. The molecular weight excluding hydrogens is 282 g/mol. The van der Waals surface area contributed by atoms with Crippen molar-refractivity contribution in [3.8, 4) is 0 Å². The summed E-state index contributed by atoms with van der Waals surface area (Å²) in [6.07, 6.45) is 4.07. The molecule has 0 aliphatic rings. The van der Waals surface area contributed by atoms with Crippen molar-refractivity contribution in [1.29, 1.82) is 0 Å². The quantitative estimate of drug-likeness (QED) is 0.508. The highest BCUT2D eigenvalue weighted by molar-refractivity contribution is 7.85. The molecule has 0 aromatic heterocycles. The zero-order valence-corrected chi connectivity index (χ0v) is 14.0. The lowest BCUT2D eigenvalue weighted by Crippen LogP contribution is -2.34. The van der Waals surface area contributed by atoms with E-state index in [1.54, 1.807) is 11.9 Å². The number of hydrogen-bond donors (Lipinski definition) is 0. The molecule has 6 nitrogen and oxygen atoms in total. The van der Waals surface area contributed by atoms with Gasteiger partial charge in [-0.25, -0.2) is 4.79 Å². The van der Waals surface area contributed by atoms with Gasteiger partial charge in [0, 0.05) is 13.6 Å². The summed E-state index contributed by atoms with van der Waals surface area (Å²) in [5, 5.41) is 0. The molecule has 0 aliphatic heterocycles. The summed E-state index contributed by atoms with van der Waals surface area (Å²) < 4.78 is 31.3. The molecule has 7 heteroatoms. The maximum atomic E-state index is 11.7. The van der Waals surface area contributed by atoms with Crippen molar-refractivity contribution in [2.75, 3.05) is 26.5 Å². The molecule has 0 saturated carbocycles. The van der Waals surface area contributed by atoms with Crippen LogP contribution in [0.2, 0.25) is 0 Å². The van der Waals surface area contributed by atoms with Gasteiger partial charge >= 0.3 is 6.09 Å². The molecule has 120 valence electrons. The third-order valence-electron chi connectivity index (χ3n) is 2.39. The second-order valence-electron chi connectivity index (χ2n) is 5.84. The molecule has 0 heterocycles. The fraction of sp³-hybridized carbons (Fsp3) is 0.923. The molecule has 0 unspecified atom stereocenters. The Morgan fingerprint density at radius 2 is 1.65 bits per heavy atom. The summed E-state index contributed by atoms with van der Waals surface area (Å²) >= 11 is 0. The Hall–Kier alpha value is -0.820. The van der Waals surface area contributed by atoms with Crippen LogP contribution < -0.4 is 0 Å². The second-order valence-corrected chi connectivity index (χ2v) is 7.49. The van der Waals surface area contributed by atoms with E-state index in [0.29, 0.717) is 13.0 Å². The molecule has 0 N–H and O–H groups in total. The topological polar surface area (TPSA) is 72.9 Å². The van der Waals surface area contributed by atoms with Crippen LogP contribution >= 0.6 is 0 Å². The average Bonchev–Trinajstić information content (AvgIpc) is 2.23. The van der Waals surface area contributed by atoms with Gasteiger partial charge in [0.2, 0.25) is 0 Å². The molecule has 0 atom stereocenters. The van der Waals surface area contributed by atoms with E-state index in [0.717, 1.165) is 25.5 Å². The van der Waals surface area contributed by atoms with Gasteiger partial charge in [0.25, 0.3) is 10.1 Å². The molecule has 0 radical (unpaired) electrons. The highest BCUT2D eigenvalue weighted by Gasteiger charge is 2.18. The Balaban J connectivity index is 3.62. The lowest BCUT2D eigenvalue weighted by molar-refractivity contribution is 0.0296. The molecule has 1 amide bonds. The number of amides is 1. The van der Waals surface area contributed by atoms with Crippen LogP contribution in [0.4, 0.5) is 4.79 Å². The Morgan fingerprint density at radius 1 is 1.10 bits per heavy atom. The van der Waals surface area contributed by atoms with Crippen LogP contribution in [0.15, 0.2) is 0 Å². The number of carbonyl (C=O) groups is 1. The van der Waals surface area contributed by atoms with Crippen LogP contribution in [-0.2, 0) is 19.0 Å². The van der Waals surface area contributed by atoms with Crippen LogP contribution in [0.25, 0.3) is 0 Å². The molecule has 0 spiro atoms. The van der Waals surface area contributed by atoms with Crippen molar-refractivity contribution < 1.29 is 22.1 Å². The van der Waals surface area contributed by atoms with E-state index >= 15 is 0 Å². The smallest absolute Gasteiger partial charge is 0.410 e.